The summed E-state index contributed by atoms with van der Waals surface area (Å²) in [7, 11) is 1.83. The van der Waals surface area contributed by atoms with Crippen molar-refractivity contribution in [1.29, 1.82) is 0 Å². The van der Waals surface area contributed by atoms with E-state index in [0.717, 1.165) is 22.3 Å². The third-order valence-corrected chi connectivity index (χ3v) is 4.01. The first-order valence-corrected chi connectivity index (χ1v) is 7.87. The van der Waals surface area contributed by atoms with Crippen LogP contribution in [-0.4, -0.2) is 32.3 Å². The summed E-state index contributed by atoms with van der Waals surface area (Å²) in [5.41, 5.74) is 2.94. The summed E-state index contributed by atoms with van der Waals surface area (Å²) in [6.45, 7) is 2.28. The maximum absolute atomic E-state index is 12.3. The average molecular weight is 324 g/mol. The highest BCUT2D eigenvalue weighted by atomic mass is 16.3. The Morgan fingerprint density at radius 3 is 2.83 bits per heavy atom. The van der Waals surface area contributed by atoms with Gasteiger partial charge >= 0.3 is 0 Å². The molecule has 0 aliphatic heterocycles. The largest absolute Gasteiger partial charge is 0.388 e. The fourth-order valence-electron chi connectivity index (χ4n) is 2.70. The Hall–Kier alpha value is -2.73. The zero-order valence-corrected chi connectivity index (χ0v) is 13.7. The summed E-state index contributed by atoms with van der Waals surface area (Å²) in [5, 5.41) is 18.1. The van der Waals surface area contributed by atoms with Gasteiger partial charge in [0.05, 0.1) is 17.4 Å². The zero-order valence-electron chi connectivity index (χ0n) is 13.7. The summed E-state index contributed by atoms with van der Waals surface area (Å²) in [6.07, 6.45) is 1.41. The molecule has 2 aromatic heterocycles. The van der Waals surface area contributed by atoms with Gasteiger partial charge in [-0.15, -0.1) is 0 Å². The van der Waals surface area contributed by atoms with Crippen molar-refractivity contribution in [3.05, 3.63) is 59.4 Å². The molecular formula is C18H20N4O2. The summed E-state index contributed by atoms with van der Waals surface area (Å²) in [6, 6.07) is 11.2. The third-order valence-electron chi connectivity index (χ3n) is 4.01. The number of pyridine rings is 1. The summed E-state index contributed by atoms with van der Waals surface area (Å²) in [5.74, 6) is -0.201. The maximum atomic E-state index is 12.3. The van der Waals surface area contributed by atoms with Crippen LogP contribution in [0, 0.1) is 6.92 Å². The molecule has 0 saturated carbocycles. The van der Waals surface area contributed by atoms with Crippen LogP contribution in [0.5, 0.6) is 0 Å². The van der Waals surface area contributed by atoms with E-state index in [2.05, 4.69) is 15.4 Å². The number of amides is 1. The first-order chi connectivity index (χ1) is 11.6. The molecule has 0 fully saturated rings. The highest BCUT2D eigenvalue weighted by Gasteiger charge is 2.12. The summed E-state index contributed by atoms with van der Waals surface area (Å²) < 4.78 is 1.70. The minimum Gasteiger partial charge on any atom is -0.388 e. The minimum atomic E-state index is -0.590. The molecule has 0 saturated heterocycles. The Morgan fingerprint density at radius 2 is 2.08 bits per heavy atom. The van der Waals surface area contributed by atoms with E-state index in [1.807, 2.05) is 44.3 Å². The van der Waals surface area contributed by atoms with Crippen LogP contribution in [0.15, 0.2) is 42.6 Å². The van der Waals surface area contributed by atoms with Crippen LogP contribution in [0.4, 0.5) is 0 Å². The van der Waals surface area contributed by atoms with Gasteiger partial charge in [0.15, 0.2) is 5.65 Å². The van der Waals surface area contributed by atoms with Crippen molar-refractivity contribution in [2.24, 2.45) is 7.05 Å². The molecule has 3 rings (SSSR count). The van der Waals surface area contributed by atoms with Crippen LogP contribution in [0.25, 0.3) is 11.0 Å². The number of aromatic nitrogens is 3. The Morgan fingerprint density at radius 1 is 1.33 bits per heavy atom. The van der Waals surface area contributed by atoms with Crippen LogP contribution in [0.1, 0.15) is 34.1 Å². The van der Waals surface area contributed by atoms with E-state index < -0.39 is 6.10 Å². The van der Waals surface area contributed by atoms with Crippen molar-refractivity contribution in [1.82, 2.24) is 20.1 Å². The van der Waals surface area contributed by atoms with E-state index in [9.17, 15) is 9.90 Å². The number of rotatable bonds is 5. The highest BCUT2D eigenvalue weighted by molar-refractivity contribution is 5.97. The molecule has 0 radical (unpaired) electrons. The number of nitrogens with one attached hydrogen (secondary N) is 1. The molecule has 1 atom stereocenters. The SMILES string of the molecule is Cc1nn(C)c2ncc(C(=O)NCCC(O)c3ccccc3)cc12. The van der Waals surface area contributed by atoms with E-state index in [4.69, 9.17) is 0 Å². The number of nitrogens with zero attached hydrogens (tertiary/aromatic N) is 3. The topological polar surface area (TPSA) is 80.0 Å². The van der Waals surface area contributed by atoms with Gasteiger partial charge in [-0.1, -0.05) is 30.3 Å². The fraction of sp³-hybridized carbons (Fsp3) is 0.278. The third kappa shape index (κ3) is 3.28. The predicted molar refractivity (Wildman–Crippen MR) is 91.6 cm³/mol. The lowest BCUT2D eigenvalue weighted by Crippen LogP contribution is -2.25. The van der Waals surface area contributed by atoms with Crippen molar-refractivity contribution in [3.63, 3.8) is 0 Å². The molecule has 1 aromatic carbocycles. The molecule has 2 N–H and O–H groups in total. The number of hydrogen-bond acceptors (Lipinski definition) is 4. The summed E-state index contributed by atoms with van der Waals surface area (Å²) >= 11 is 0. The number of benzene rings is 1. The maximum Gasteiger partial charge on any atom is 0.252 e. The lowest BCUT2D eigenvalue weighted by Gasteiger charge is -2.11. The van der Waals surface area contributed by atoms with E-state index in [0.29, 0.717) is 18.5 Å². The van der Waals surface area contributed by atoms with Crippen LogP contribution in [0.3, 0.4) is 0 Å². The lowest BCUT2D eigenvalue weighted by molar-refractivity contribution is 0.0942. The van der Waals surface area contributed by atoms with Crippen LogP contribution >= 0.6 is 0 Å². The predicted octanol–water partition coefficient (Wildman–Crippen LogP) is 2.13. The Labute approximate surface area is 140 Å². The monoisotopic (exact) mass is 324 g/mol. The number of aliphatic hydroxyl groups excluding tert-OH is 1. The number of fused-ring (bicyclic) bond motifs is 1. The molecular weight excluding hydrogens is 304 g/mol. The van der Waals surface area contributed by atoms with Crippen LogP contribution in [-0.2, 0) is 7.05 Å². The number of carbonyl (C=O) groups is 1. The van der Waals surface area contributed by atoms with Crippen molar-refractivity contribution < 1.29 is 9.90 Å². The number of hydrogen-bond donors (Lipinski definition) is 2. The number of aliphatic hydroxyl groups is 1. The second kappa shape index (κ2) is 6.80. The van der Waals surface area contributed by atoms with Crippen molar-refractivity contribution in [3.8, 4) is 0 Å². The molecule has 1 unspecified atom stereocenters. The normalized spacial score (nSPS) is 12.3. The molecule has 24 heavy (non-hydrogen) atoms. The zero-order chi connectivity index (χ0) is 17.1. The standard InChI is InChI=1S/C18H20N4O2/c1-12-15-10-14(11-20-17(15)22(2)21-12)18(24)19-9-8-16(23)13-6-4-3-5-7-13/h3-7,10-11,16,23H,8-9H2,1-2H3,(H,19,24). The van der Waals surface area contributed by atoms with Crippen molar-refractivity contribution in [2.75, 3.05) is 6.54 Å². The van der Waals surface area contributed by atoms with Gasteiger partial charge in [-0.05, 0) is 25.0 Å². The first-order valence-electron chi connectivity index (χ1n) is 7.87. The number of aryl methyl sites for hydroxylation is 2. The van der Waals surface area contributed by atoms with E-state index >= 15 is 0 Å². The van der Waals surface area contributed by atoms with E-state index in [-0.39, 0.29) is 5.91 Å². The van der Waals surface area contributed by atoms with Gasteiger partial charge in [0.2, 0.25) is 0 Å². The molecule has 124 valence electrons. The van der Waals surface area contributed by atoms with Gasteiger partial charge in [0, 0.05) is 25.2 Å². The molecule has 0 aliphatic rings. The Bertz CT molecular complexity index is 858. The molecule has 1 amide bonds. The fourth-order valence-corrected chi connectivity index (χ4v) is 2.70. The van der Waals surface area contributed by atoms with Crippen molar-refractivity contribution >= 4 is 16.9 Å². The second-order valence-corrected chi connectivity index (χ2v) is 5.78. The van der Waals surface area contributed by atoms with Gasteiger partial charge in [-0.3, -0.25) is 9.48 Å². The van der Waals surface area contributed by atoms with E-state index in [1.165, 1.54) is 0 Å². The van der Waals surface area contributed by atoms with Crippen molar-refractivity contribution in [2.45, 2.75) is 19.4 Å². The van der Waals surface area contributed by atoms with Gasteiger partial charge in [-0.2, -0.15) is 5.10 Å². The first kappa shape index (κ1) is 16.1. The van der Waals surface area contributed by atoms with Gasteiger partial charge in [0.1, 0.15) is 0 Å². The molecule has 0 bridgehead atoms. The van der Waals surface area contributed by atoms with Gasteiger partial charge in [-0.25, -0.2) is 4.98 Å². The highest BCUT2D eigenvalue weighted by Crippen LogP contribution is 2.17. The second-order valence-electron chi connectivity index (χ2n) is 5.78. The molecule has 2 heterocycles. The quantitative estimate of drug-likeness (QED) is 0.753. The Kier molecular flexibility index (Phi) is 4.57. The van der Waals surface area contributed by atoms with Gasteiger partial charge < -0.3 is 10.4 Å². The van der Waals surface area contributed by atoms with Crippen LogP contribution in [0.2, 0.25) is 0 Å². The molecule has 3 aromatic rings. The lowest BCUT2D eigenvalue weighted by atomic mass is 10.1. The van der Waals surface area contributed by atoms with Crippen LogP contribution < -0.4 is 5.32 Å². The Balaban J connectivity index is 1.62. The van der Waals surface area contributed by atoms with E-state index in [1.54, 1.807) is 16.9 Å². The minimum absolute atomic E-state index is 0.201. The summed E-state index contributed by atoms with van der Waals surface area (Å²) in [4.78, 5) is 16.6. The van der Waals surface area contributed by atoms with Gasteiger partial charge in [0.25, 0.3) is 5.91 Å². The molecule has 0 aliphatic carbocycles. The number of carbonyl (C=O) groups excluding carboxylic acids is 1. The average Bonchev–Trinajstić information content (AvgIpc) is 2.89. The molecule has 6 heteroatoms. The smallest absolute Gasteiger partial charge is 0.252 e. The molecule has 0 spiro atoms. The molecule has 6 nitrogen and oxygen atoms in total.